The molecule has 0 N–H and O–H groups in total. The molecule has 0 aromatic heterocycles. The minimum Gasteiger partial charge on any atom is -0.0622 e. The van der Waals surface area contributed by atoms with E-state index in [0.717, 1.165) is 32.3 Å². The van der Waals surface area contributed by atoms with Crippen molar-refractivity contribution in [2.24, 2.45) is 0 Å². The molecule has 4 aromatic carbocycles. The highest BCUT2D eigenvalue weighted by Gasteiger charge is 2.02. The Hall–Kier alpha value is -3.52. The Morgan fingerprint density at radius 3 is 1.66 bits per heavy atom. The molecule has 0 bridgehead atoms. The van der Waals surface area contributed by atoms with Gasteiger partial charge in [-0.05, 0) is 53.6 Å². The molecule has 0 spiro atoms. The Labute approximate surface area is 180 Å². The zero-order chi connectivity index (χ0) is 19.9. The van der Waals surface area contributed by atoms with Gasteiger partial charge >= 0.3 is 0 Å². The van der Waals surface area contributed by atoms with Gasteiger partial charge in [0.05, 0.1) is 0 Å². The molecule has 0 atom stereocenters. The second-order valence-corrected chi connectivity index (χ2v) is 7.38. The topological polar surface area (TPSA) is 0 Å². The second kappa shape index (κ2) is 9.11. The fourth-order valence-corrected chi connectivity index (χ4v) is 3.23. The molecule has 0 amide bonds. The van der Waals surface area contributed by atoms with Crippen molar-refractivity contribution in [1.29, 1.82) is 0 Å². The molecule has 4 rings (SSSR count). The first-order chi connectivity index (χ1) is 14.3. The van der Waals surface area contributed by atoms with Crippen LogP contribution in [0.3, 0.4) is 0 Å². The largest absolute Gasteiger partial charge is 0.0622 e. The van der Waals surface area contributed by atoms with Crippen LogP contribution in [0.15, 0.2) is 108 Å². The molecule has 0 nitrogen and oxygen atoms in total. The highest BCUT2D eigenvalue weighted by Crippen LogP contribution is 2.22. The van der Waals surface area contributed by atoms with E-state index in [1.54, 1.807) is 0 Å². The van der Waals surface area contributed by atoms with Crippen molar-refractivity contribution >= 4 is 15.9 Å². The summed E-state index contributed by atoms with van der Waals surface area (Å²) in [5, 5.41) is 0. The molecule has 0 saturated carbocycles. The molecule has 0 aliphatic carbocycles. The minimum atomic E-state index is 0.931. The highest BCUT2D eigenvalue weighted by atomic mass is 79.9. The molecular formula is C28H17Br. The number of rotatable bonds is 1. The summed E-state index contributed by atoms with van der Waals surface area (Å²) in [6, 6.07) is 34.6. The summed E-state index contributed by atoms with van der Waals surface area (Å²) < 4.78 is 1.05. The monoisotopic (exact) mass is 432 g/mol. The summed E-state index contributed by atoms with van der Waals surface area (Å²) in [6.45, 7) is 0. The van der Waals surface area contributed by atoms with Crippen LogP contribution in [0.25, 0.3) is 11.1 Å². The number of halogens is 1. The predicted molar refractivity (Wildman–Crippen MR) is 124 cm³/mol. The summed E-state index contributed by atoms with van der Waals surface area (Å²) in [5.74, 6) is 13.2. The number of hydrogen-bond acceptors (Lipinski definition) is 0. The maximum absolute atomic E-state index is 3.45. The molecule has 29 heavy (non-hydrogen) atoms. The minimum absolute atomic E-state index is 0.931. The number of hydrogen-bond donors (Lipinski definition) is 0. The van der Waals surface area contributed by atoms with Gasteiger partial charge in [-0.3, -0.25) is 0 Å². The van der Waals surface area contributed by atoms with Crippen molar-refractivity contribution in [2.45, 2.75) is 0 Å². The van der Waals surface area contributed by atoms with Crippen LogP contribution in [0.5, 0.6) is 0 Å². The third kappa shape index (κ3) is 4.85. The normalized spacial score (nSPS) is 9.69. The fourth-order valence-electron chi connectivity index (χ4n) is 2.97. The van der Waals surface area contributed by atoms with Gasteiger partial charge in [0.15, 0.2) is 0 Å². The van der Waals surface area contributed by atoms with Gasteiger partial charge in [-0.1, -0.05) is 100 Å². The average molecular weight is 433 g/mol. The van der Waals surface area contributed by atoms with Gasteiger partial charge in [0.2, 0.25) is 0 Å². The molecule has 136 valence electrons. The van der Waals surface area contributed by atoms with E-state index in [1.807, 2.05) is 78.9 Å². The van der Waals surface area contributed by atoms with Crippen LogP contribution in [0.4, 0.5) is 0 Å². The maximum atomic E-state index is 3.45. The molecule has 0 unspecified atom stereocenters. The molecule has 4 aromatic rings. The van der Waals surface area contributed by atoms with Crippen molar-refractivity contribution < 1.29 is 0 Å². The first-order valence-electron chi connectivity index (χ1n) is 9.33. The van der Waals surface area contributed by atoms with Crippen LogP contribution in [0, 0.1) is 23.7 Å². The summed E-state index contributed by atoms with van der Waals surface area (Å²) in [4.78, 5) is 0. The van der Waals surface area contributed by atoms with E-state index < -0.39 is 0 Å². The van der Waals surface area contributed by atoms with Gasteiger partial charge in [-0.15, -0.1) is 0 Å². The molecule has 0 aliphatic rings. The quantitative estimate of drug-likeness (QED) is 0.286. The standard InChI is InChI=1S/C28H17Br/c29-27-20-15-22(16-21-27)14-17-23-8-4-5-9-24(23)18-19-26-12-6-7-13-28(26)25-10-2-1-3-11-25/h1-13,15-16,20-21H. The molecule has 0 saturated heterocycles. The van der Waals surface area contributed by atoms with E-state index in [0.29, 0.717) is 0 Å². The van der Waals surface area contributed by atoms with E-state index in [1.165, 1.54) is 5.56 Å². The van der Waals surface area contributed by atoms with Gasteiger partial charge in [0.25, 0.3) is 0 Å². The molecule has 0 radical (unpaired) electrons. The van der Waals surface area contributed by atoms with Gasteiger partial charge in [0, 0.05) is 26.7 Å². The lowest BCUT2D eigenvalue weighted by molar-refractivity contribution is 1.56. The van der Waals surface area contributed by atoms with E-state index >= 15 is 0 Å². The van der Waals surface area contributed by atoms with E-state index in [9.17, 15) is 0 Å². The fraction of sp³-hybridized carbons (Fsp3) is 0. The molecule has 1 heteroatoms. The second-order valence-electron chi connectivity index (χ2n) is 6.46. The van der Waals surface area contributed by atoms with Crippen molar-refractivity contribution in [3.05, 3.63) is 130 Å². The smallest absolute Gasteiger partial charge is 0.0405 e. The van der Waals surface area contributed by atoms with Crippen LogP contribution in [-0.2, 0) is 0 Å². The van der Waals surface area contributed by atoms with Crippen molar-refractivity contribution in [1.82, 2.24) is 0 Å². The third-order valence-electron chi connectivity index (χ3n) is 4.46. The lowest BCUT2D eigenvalue weighted by Gasteiger charge is -2.04. The summed E-state index contributed by atoms with van der Waals surface area (Å²) >= 11 is 3.45. The number of benzene rings is 4. The molecule has 0 heterocycles. The van der Waals surface area contributed by atoms with Crippen LogP contribution < -0.4 is 0 Å². The highest BCUT2D eigenvalue weighted by molar-refractivity contribution is 9.10. The predicted octanol–water partition coefficient (Wildman–Crippen LogP) is 6.92. The van der Waals surface area contributed by atoms with Gasteiger partial charge in [0.1, 0.15) is 0 Å². The van der Waals surface area contributed by atoms with Gasteiger partial charge in [-0.25, -0.2) is 0 Å². The summed E-state index contributed by atoms with van der Waals surface area (Å²) in [6.07, 6.45) is 0. The van der Waals surface area contributed by atoms with Crippen molar-refractivity contribution in [2.75, 3.05) is 0 Å². The van der Waals surface area contributed by atoms with E-state index in [-0.39, 0.29) is 0 Å². The first kappa shape index (κ1) is 18.8. The zero-order valence-electron chi connectivity index (χ0n) is 15.7. The van der Waals surface area contributed by atoms with Crippen LogP contribution >= 0.6 is 15.9 Å². The molecule has 0 aliphatic heterocycles. The van der Waals surface area contributed by atoms with Crippen molar-refractivity contribution in [3.8, 4) is 34.8 Å². The maximum Gasteiger partial charge on any atom is 0.0405 e. The van der Waals surface area contributed by atoms with E-state index in [2.05, 4.69) is 63.9 Å². The third-order valence-corrected chi connectivity index (χ3v) is 4.99. The van der Waals surface area contributed by atoms with Crippen LogP contribution in [0.1, 0.15) is 22.3 Å². The summed E-state index contributed by atoms with van der Waals surface area (Å²) in [7, 11) is 0. The SMILES string of the molecule is Brc1ccc(C#Cc2ccccc2C#Cc2ccccc2-c2ccccc2)cc1. The van der Waals surface area contributed by atoms with Gasteiger partial charge in [-0.2, -0.15) is 0 Å². The van der Waals surface area contributed by atoms with Crippen LogP contribution in [0.2, 0.25) is 0 Å². The van der Waals surface area contributed by atoms with Gasteiger partial charge < -0.3 is 0 Å². The van der Waals surface area contributed by atoms with Crippen molar-refractivity contribution in [3.63, 3.8) is 0 Å². The van der Waals surface area contributed by atoms with Crippen LogP contribution in [-0.4, -0.2) is 0 Å². The molecule has 0 fully saturated rings. The first-order valence-corrected chi connectivity index (χ1v) is 10.1. The van der Waals surface area contributed by atoms with E-state index in [4.69, 9.17) is 0 Å². The Kier molecular flexibility index (Phi) is 5.92. The zero-order valence-corrected chi connectivity index (χ0v) is 17.3. The summed E-state index contributed by atoms with van der Waals surface area (Å²) in [5.41, 5.74) is 6.15. The lowest BCUT2D eigenvalue weighted by atomic mass is 9.99. The Balaban J connectivity index is 1.69. The Bertz CT molecular complexity index is 1240. The Morgan fingerprint density at radius 1 is 0.448 bits per heavy atom. The molecular weight excluding hydrogens is 416 g/mol. The average Bonchev–Trinajstić information content (AvgIpc) is 2.79. The lowest BCUT2D eigenvalue weighted by Crippen LogP contribution is -1.86. The Morgan fingerprint density at radius 2 is 0.966 bits per heavy atom.